The zero-order valence-corrected chi connectivity index (χ0v) is 16.8. The molecular weight excluding hydrogens is 434 g/mol. The molecule has 27 heavy (non-hydrogen) atoms. The monoisotopic (exact) mass is 447 g/mol. The molecule has 0 aliphatic carbocycles. The molecule has 8 heteroatoms. The van der Waals surface area contributed by atoms with Crippen molar-refractivity contribution in [2.75, 3.05) is 5.32 Å². The van der Waals surface area contributed by atoms with Crippen molar-refractivity contribution in [3.63, 3.8) is 0 Å². The fourth-order valence-electron chi connectivity index (χ4n) is 2.47. The summed E-state index contributed by atoms with van der Waals surface area (Å²) in [5.74, 6) is -0.501. The van der Waals surface area contributed by atoms with Gasteiger partial charge >= 0.3 is 5.97 Å². The third-order valence-electron chi connectivity index (χ3n) is 3.80. The first-order valence-electron chi connectivity index (χ1n) is 7.94. The van der Waals surface area contributed by atoms with Gasteiger partial charge < -0.3 is 10.1 Å². The highest BCUT2D eigenvalue weighted by Gasteiger charge is 2.21. The van der Waals surface area contributed by atoms with Gasteiger partial charge in [0.05, 0.1) is 11.3 Å². The van der Waals surface area contributed by atoms with E-state index in [1.807, 2.05) is 6.07 Å². The van der Waals surface area contributed by atoms with Crippen molar-refractivity contribution in [3.05, 3.63) is 75.0 Å². The van der Waals surface area contributed by atoms with Gasteiger partial charge in [0.2, 0.25) is 0 Å². The molecule has 0 aliphatic rings. The first-order chi connectivity index (χ1) is 12.9. The summed E-state index contributed by atoms with van der Waals surface area (Å²) in [5.41, 5.74) is 1.82. The molecule has 2 aromatic carbocycles. The minimum absolute atomic E-state index is 0.217. The molecule has 1 amide bonds. The molecule has 0 atom stereocenters. The van der Waals surface area contributed by atoms with Crippen LogP contribution in [-0.2, 0) is 7.05 Å². The molecule has 138 valence electrons. The predicted octanol–water partition coefficient (Wildman–Crippen LogP) is 4.62. The van der Waals surface area contributed by atoms with Crippen molar-refractivity contribution in [1.29, 1.82) is 0 Å². The number of amides is 1. The minimum Gasteiger partial charge on any atom is -0.423 e. The highest BCUT2D eigenvalue weighted by Crippen LogP contribution is 2.23. The molecule has 3 aromatic rings. The van der Waals surface area contributed by atoms with E-state index in [9.17, 15) is 9.59 Å². The molecule has 0 bridgehead atoms. The lowest BCUT2D eigenvalue weighted by Crippen LogP contribution is -2.13. The average molecular weight is 449 g/mol. The Morgan fingerprint density at radius 1 is 1.15 bits per heavy atom. The number of hydrogen-bond acceptors (Lipinski definition) is 4. The van der Waals surface area contributed by atoms with Crippen LogP contribution in [0.1, 0.15) is 26.4 Å². The molecule has 1 aromatic heterocycles. The van der Waals surface area contributed by atoms with Gasteiger partial charge in [-0.25, -0.2) is 4.79 Å². The van der Waals surface area contributed by atoms with Crippen LogP contribution in [-0.4, -0.2) is 21.7 Å². The lowest BCUT2D eigenvalue weighted by Gasteiger charge is -2.08. The van der Waals surface area contributed by atoms with E-state index in [4.69, 9.17) is 16.3 Å². The maximum absolute atomic E-state index is 12.3. The quantitative estimate of drug-likeness (QED) is 0.467. The van der Waals surface area contributed by atoms with Gasteiger partial charge in [-0.2, -0.15) is 5.10 Å². The van der Waals surface area contributed by atoms with Crippen molar-refractivity contribution in [2.24, 2.45) is 7.05 Å². The Balaban J connectivity index is 1.69. The Hall–Kier alpha value is -2.64. The summed E-state index contributed by atoms with van der Waals surface area (Å²) in [6.07, 6.45) is 0. The van der Waals surface area contributed by atoms with Gasteiger partial charge in [0.25, 0.3) is 5.91 Å². The number of hydrogen-bond donors (Lipinski definition) is 1. The van der Waals surface area contributed by atoms with E-state index in [-0.39, 0.29) is 16.6 Å². The number of halogens is 2. The second kappa shape index (κ2) is 7.94. The summed E-state index contributed by atoms with van der Waals surface area (Å²) >= 11 is 9.43. The van der Waals surface area contributed by atoms with Crippen molar-refractivity contribution in [3.8, 4) is 5.75 Å². The summed E-state index contributed by atoms with van der Waals surface area (Å²) in [5, 5.41) is 7.09. The molecule has 0 saturated heterocycles. The van der Waals surface area contributed by atoms with Crippen LogP contribution in [0, 0.1) is 6.92 Å². The van der Waals surface area contributed by atoms with Crippen molar-refractivity contribution < 1.29 is 14.3 Å². The van der Waals surface area contributed by atoms with Gasteiger partial charge in [0.15, 0.2) is 0 Å². The van der Waals surface area contributed by atoms with Gasteiger partial charge in [-0.3, -0.25) is 9.48 Å². The van der Waals surface area contributed by atoms with E-state index in [1.54, 1.807) is 56.4 Å². The second-order valence-corrected chi connectivity index (χ2v) is 6.94. The average Bonchev–Trinajstić information content (AvgIpc) is 2.89. The number of anilines is 1. The topological polar surface area (TPSA) is 73.2 Å². The summed E-state index contributed by atoms with van der Waals surface area (Å²) < 4.78 is 7.46. The fourth-order valence-corrected chi connectivity index (χ4v) is 3.19. The first-order valence-corrected chi connectivity index (χ1v) is 9.11. The van der Waals surface area contributed by atoms with Crippen molar-refractivity contribution in [2.45, 2.75) is 6.92 Å². The molecule has 0 radical (unpaired) electrons. The summed E-state index contributed by atoms with van der Waals surface area (Å²) in [7, 11) is 1.65. The lowest BCUT2D eigenvalue weighted by atomic mass is 10.2. The van der Waals surface area contributed by atoms with E-state index >= 15 is 0 Å². The summed E-state index contributed by atoms with van der Waals surface area (Å²) in [4.78, 5) is 24.6. The van der Waals surface area contributed by atoms with Gasteiger partial charge in [-0.05, 0) is 59.3 Å². The van der Waals surface area contributed by atoms with Crippen LogP contribution in [0.15, 0.2) is 53.0 Å². The number of aryl methyl sites for hydroxylation is 2. The molecule has 0 spiro atoms. The molecule has 0 unspecified atom stereocenters. The van der Waals surface area contributed by atoms with Gasteiger partial charge in [0, 0.05) is 17.2 Å². The fraction of sp³-hybridized carbons (Fsp3) is 0.105. The third kappa shape index (κ3) is 4.20. The largest absolute Gasteiger partial charge is 0.423 e. The molecule has 0 fully saturated rings. The van der Waals surface area contributed by atoms with Gasteiger partial charge in [-0.1, -0.05) is 23.7 Å². The molecular formula is C19H15BrClN3O3. The minimum atomic E-state index is -0.587. The van der Waals surface area contributed by atoms with E-state index < -0.39 is 5.97 Å². The molecule has 6 nitrogen and oxygen atoms in total. The summed E-state index contributed by atoms with van der Waals surface area (Å²) in [6, 6.07) is 13.6. The maximum Gasteiger partial charge on any atom is 0.348 e. The molecule has 1 N–H and O–H groups in total. The smallest absolute Gasteiger partial charge is 0.348 e. The molecule has 3 rings (SSSR count). The predicted molar refractivity (Wildman–Crippen MR) is 106 cm³/mol. The Kier molecular flexibility index (Phi) is 5.62. The Morgan fingerprint density at radius 3 is 2.41 bits per heavy atom. The standard InChI is InChI=1S/C19H15BrClN3O3/c1-11-16(17(21)24(2)23-11)19(26)27-13-9-7-12(8-10-13)22-18(25)14-5-3-4-6-15(14)20/h3-10H,1-2H3,(H,22,25). The van der Waals surface area contributed by atoms with Crippen LogP contribution in [0.3, 0.4) is 0 Å². The number of nitrogens with zero attached hydrogens (tertiary/aromatic N) is 2. The van der Waals surface area contributed by atoms with E-state index in [0.717, 1.165) is 0 Å². The zero-order valence-electron chi connectivity index (χ0n) is 14.5. The SMILES string of the molecule is Cc1nn(C)c(Cl)c1C(=O)Oc1ccc(NC(=O)c2ccccc2Br)cc1. The number of ether oxygens (including phenoxy) is 1. The molecule has 1 heterocycles. The zero-order chi connectivity index (χ0) is 19.6. The van der Waals surface area contributed by atoms with E-state index in [2.05, 4.69) is 26.3 Å². The Morgan fingerprint density at radius 2 is 1.81 bits per heavy atom. The highest BCUT2D eigenvalue weighted by molar-refractivity contribution is 9.10. The van der Waals surface area contributed by atoms with Gasteiger partial charge in [0.1, 0.15) is 16.5 Å². The summed E-state index contributed by atoms with van der Waals surface area (Å²) in [6.45, 7) is 1.68. The highest BCUT2D eigenvalue weighted by atomic mass is 79.9. The second-order valence-electron chi connectivity index (χ2n) is 5.72. The van der Waals surface area contributed by atoms with Crippen molar-refractivity contribution in [1.82, 2.24) is 9.78 Å². The number of benzene rings is 2. The van der Waals surface area contributed by atoms with Crippen LogP contribution >= 0.6 is 27.5 Å². The Labute approximate surface area is 169 Å². The number of esters is 1. The third-order valence-corrected chi connectivity index (χ3v) is 4.92. The normalized spacial score (nSPS) is 10.5. The number of carbonyl (C=O) groups excluding carboxylic acids is 2. The maximum atomic E-state index is 12.3. The molecule has 0 aliphatic heterocycles. The van der Waals surface area contributed by atoms with Crippen LogP contribution in [0.5, 0.6) is 5.75 Å². The number of carbonyl (C=O) groups is 2. The Bertz CT molecular complexity index is 1020. The number of rotatable bonds is 4. The lowest BCUT2D eigenvalue weighted by molar-refractivity contribution is 0.0734. The number of nitrogens with one attached hydrogen (secondary N) is 1. The van der Waals surface area contributed by atoms with E-state index in [0.29, 0.717) is 27.2 Å². The molecule has 0 saturated carbocycles. The van der Waals surface area contributed by atoms with Crippen LogP contribution in [0.25, 0.3) is 0 Å². The van der Waals surface area contributed by atoms with Crippen molar-refractivity contribution >= 4 is 45.1 Å². The number of aromatic nitrogens is 2. The van der Waals surface area contributed by atoms with Crippen LogP contribution < -0.4 is 10.1 Å². The first kappa shape index (κ1) is 19.1. The van der Waals surface area contributed by atoms with E-state index in [1.165, 1.54) is 4.68 Å². The van der Waals surface area contributed by atoms with Crippen LogP contribution in [0.2, 0.25) is 5.15 Å². The van der Waals surface area contributed by atoms with Gasteiger partial charge in [-0.15, -0.1) is 0 Å². The van der Waals surface area contributed by atoms with Crippen LogP contribution in [0.4, 0.5) is 5.69 Å².